The van der Waals surface area contributed by atoms with Gasteiger partial charge in [-0.25, -0.2) is 0 Å². The molecule has 140 valence electrons. The molecule has 0 radical (unpaired) electrons. The Kier molecular flexibility index (Phi) is 5.23. The van der Waals surface area contributed by atoms with Gasteiger partial charge in [0.15, 0.2) is 0 Å². The smallest absolute Gasteiger partial charge is 0.253 e. The molecule has 0 bridgehead atoms. The maximum atomic E-state index is 12.9. The molecule has 2 aromatic rings. The van der Waals surface area contributed by atoms with Crippen LogP contribution in [0.25, 0.3) is 0 Å². The van der Waals surface area contributed by atoms with E-state index >= 15 is 0 Å². The number of aryl methyl sites for hydroxylation is 1. The Hall–Kier alpha value is -2.62. The van der Waals surface area contributed by atoms with E-state index in [4.69, 9.17) is 4.74 Å². The molecular weight excluding hydrogens is 338 g/mol. The second-order valence-corrected chi connectivity index (χ2v) is 7.56. The first-order chi connectivity index (χ1) is 13.2. The summed E-state index contributed by atoms with van der Waals surface area (Å²) in [6.45, 7) is 2.22. The first kappa shape index (κ1) is 17.8. The number of rotatable bonds is 4. The van der Waals surface area contributed by atoms with Crippen molar-refractivity contribution in [3.05, 3.63) is 65.2 Å². The molecule has 4 heteroatoms. The number of carbonyl (C=O) groups excluding carboxylic acids is 2. The first-order valence-corrected chi connectivity index (χ1v) is 9.79. The van der Waals surface area contributed by atoms with Crippen molar-refractivity contribution in [1.82, 2.24) is 4.90 Å². The number of benzene rings is 2. The fourth-order valence-corrected chi connectivity index (χ4v) is 3.96. The number of nitrogens with zero attached hydrogens (tertiary/aromatic N) is 1. The van der Waals surface area contributed by atoms with Crippen LogP contribution in [0.3, 0.4) is 0 Å². The predicted molar refractivity (Wildman–Crippen MR) is 104 cm³/mol. The van der Waals surface area contributed by atoms with Crippen molar-refractivity contribution in [2.75, 3.05) is 19.7 Å². The lowest BCUT2D eigenvalue weighted by atomic mass is 9.89. The lowest BCUT2D eigenvalue weighted by molar-refractivity contribution is -0.118. The van der Waals surface area contributed by atoms with Gasteiger partial charge in [0, 0.05) is 31.5 Å². The van der Waals surface area contributed by atoms with E-state index in [0.29, 0.717) is 30.9 Å². The number of hydrogen-bond acceptors (Lipinski definition) is 3. The summed E-state index contributed by atoms with van der Waals surface area (Å²) in [4.78, 5) is 26.5. The maximum absolute atomic E-state index is 12.9. The fraction of sp³-hybridized carbons (Fsp3) is 0.391. The Bertz CT molecular complexity index is 823. The van der Waals surface area contributed by atoms with E-state index in [1.165, 1.54) is 5.56 Å². The van der Waals surface area contributed by atoms with Crippen molar-refractivity contribution < 1.29 is 14.3 Å². The van der Waals surface area contributed by atoms with Crippen LogP contribution < -0.4 is 4.74 Å². The summed E-state index contributed by atoms with van der Waals surface area (Å²) >= 11 is 0. The number of fused-ring (bicyclic) bond motifs is 1. The van der Waals surface area contributed by atoms with Crippen LogP contribution in [0.15, 0.2) is 48.5 Å². The highest BCUT2D eigenvalue weighted by molar-refractivity contribution is 5.95. The Morgan fingerprint density at radius 2 is 1.78 bits per heavy atom. The minimum absolute atomic E-state index is 0.0817. The van der Waals surface area contributed by atoms with Crippen LogP contribution >= 0.6 is 0 Å². The Labute approximate surface area is 160 Å². The molecule has 0 aromatic heterocycles. The van der Waals surface area contributed by atoms with E-state index in [1.54, 1.807) is 0 Å². The van der Waals surface area contributed by atoms with Crippen LogP contribution in [0.2, 0.25) is 0 Å². The van der Waals surface area contributed by atoms with Crippen molar-refractivity contribution in [3.8, 4) is 5.75 Å². The zero-order chi connectivity index (χ0) is 18.6. The van der Waals surface area contributed by atoms with Gasteiger partial charge in [-0.2, -0.15) is 0 Å². The summed E-state index contributed by atoms with van der Waals surface area (Å²) in [6, 6.07) is 15.7. The molecule has 1 aliphatic heterocycles. The molecule has 2 aliphatic rings. The highest BCUT2D eigenvalue weighted by Gasteiger charge is 2.25. The van der Waals surface area contributed by atoms with Gasteiger partial charge in [-0.3, -0.25) is 9.59 Å². The van der Waals surface area contributed by atoms with E-state index < -0.39 is 0 Å². The van der Waals surface area contributed by atoms with Crippen LogP contribution in [-0.4, -0.2) is 36.3 Å². The minimum Gasteiger partial charge on any atom is -0.493 e. The monoisotopic (exact) mass is 363 g/mol. The largest absolute Gasteiger partial charge is 0.493 e. The fourth-order valence-electron chi connectivity index (χ4n) is 3.96. The molecule has 4 nitrogen and oxygen atoms in total. The third kappa shape index (κ3) is 4.21. The number of amides is 1. The van der Waals surface area contributed by atoms with Gasteiger partial charge in [0.25, 0.3) is 5.91 Å². The summed E-state index contributed by atoms with van der Waals surface area (Å²) in [6.07, 6.45) is 3.81. The highest BCUT2D eigenvalue weighted by Crippen LogP contribution is 2.24. The molecule has 0 spiro atoms. The highest BCUT2D eigenvalue weighted by atomic mass is 16.5. The van der Waals surface area contributed by atoms with Gasteiger partial charge >= 0.3 is 0 Å². The third-order valence-electron chi connectivity index (χ3n) is 5.64. The van der Waals surface area contributed by atoms with Crippen LogP contribution in [0.4, 0.5) is 0 Å². The molecule has 1 fully saturated rings. The average Bonchev–Trinajstić information content (AvgIpc) is 2.72. The van der Waals surface area contributed by atoms with Crippen LogP contribution in [0.5, 0.6) is 5.75 Å². The second-order valence-electron chi connectivity index (χ2n) is 7.56. The number of piperidine rings is 1. The topological polar surface area (TPSA) is 46.6 Å². The lowest BCUT2D eigenvalue weighted by Crippen LogP contribution is -2.39. The number of hydrogen-bond donors (Lipinski definition) is 0. The molecule has 27 heavy (non-hydrogen) atoms. The van der Waals surface area contributed by atoms with Gasteiger partial charge in [-0.15, -0.1) is 0 Å². The zero-order valence-corrected chi connectivity index (χ0v) is 15.5. The van der Waals surface area contributed by atoms with Crippen molar-refractivity contribution in [2.24, 2.45) is 5.92 Å². The van der Waals surface area contributed by atoms with Crippen LogP contribution in [0, 0.1) is 5.92 Å². The molecule has 1 saturated heterocycles. The summed E-state index contributed by atoms with van der Waals surface area (Å²) in [5, 5.41) is 0. The van der Waals surface area contributed by atoms with E-state index in [2.05, 4.69) is 0 Å². The quantitative estimate of drug-likeness (QED) is 0.833. The molecule has 0 N–H and O–H groups in total. The van der Waals surface area contributed by atoms with E-state index in [-0.39, 0.29) is 11.7 Å². The third-order valence-corrected chi connectivity index (χ3v) is 5.64. The normalized spacial score (nSPS) is 17.5. The van der Waals surface area contributed by atoms with Crippen molar-refractivity contribution in [3.63, 3.8) is 0 Å². The maximum Gasteiger partial charge on any atom is 0.253 e. The number of carbonyl (C=O) groups is 2. The van der Waals surface area contributed by atoms with Gasteiger partial charge in [0.1, 0.15) is 11.5 Å². The molecule has 1 aliphatic carbocycles. The van der Waals surface area contributed by atoms with Gasteiger partial charge in [-0.1, -0.05) is 24.3 Å². The summed E-state index contributed by atoms with van der Waals surface area (Å²) in [5.41, 5.74) is 2.95. The molecular formula is C23H25NO3. The van der Waals surface area contributed by atoms with Crippen molar-refractivity contribution >= 4 is 11.7 Å². The molecule has 0 atom stereocenters. The first-order valence-electron chi connectivity index (χ1n) is 9.79. The van der Waals surface area contributed by atoms with Gasteiger partial charge in [-0.05, 0) is 60.6 Å². The van der Waals surface area contributed by atoms with Crippen LogP contribution in [0.1, 0.15) is 40.7 Å². The molecule has 0 unspecified atom stereocenters. The molecule has 1 amide bonds. The second kappa shape index (κ2) is 7.95. The van der Waals surface area contributed by atoms with Crippen molar-refractivity contribution in [1.29, 1.82) is 0 Å². The Morgan fingerprint density at radius 3 is 2.56 bits per heavy atom. The Morgan fingerprint density at radius 1 is 1.00 bits per heavy atom. The Balaban J connectivity index is 1.32. The van der Waals surface area contributed by atoms with Gasteiger partial charge in [0.2, 0.25) is 0 Å². The minimum atomic E-state index is 0.0817. The summed E-state index contributed by atoms with van der Waals surface area (Å²) in [7, 11) is 0. The summed E-state index contributed by atoms with van der Waals surface area (Å²) in [5.74, 6) is 1.74. The lowest BCUT2D eigenvalue weighted by Gasteiger charge is -2.32. The molecule has 1 heterocycles. The number of likely N-dealkylation sites (tertiary alicyclic amines) is 1. The summed E-state index contributed by atoms with van der Waals surface area (Å²) < 4.78 is 5.86. The zero-order valence-electron chi connectivity index (χ0n) is 15.5. The number of Topliss-reactive ketones (excluding diaryl/α,β-unsaturated/α-hetero) is 1. The van der Waals surface area contributed by atoms with Gasteiger partial charge in [0.05, 0.1) is 6.61 Å². The SMILES string of the molecule is O=C1CCc2ccc(C(=O)N3CCC(COc4ccccc4)CC3)cc2C1. The molecule has 2 aromatic carbocycles. The number of para-hydroxylation sites is 1. The van der Waals surface area contributed by atoms with Crippen molar-refractivity contribution in [2.45, 2.75) is 32.1 Å². The van der Waals surface area contributed by atoms with E-state index in [0.717, 1.165) is 43.7 Å². The van der Waals surface area contributed by atoms with E-state index in [1.807, 2.05) is 53.4 Å². The molecule has 0 saturated carbocycles. The number of ether oxygens (including phenoxy) is 1. The standard InChI is InChI=1S/C23H25NO3/c25-21-9-8-18-6-7-19(14-20(18)15-21)23(26)24-12-10-17(11-13-24)16-27-22-4-2-1-3-5-22/h1-7,14,17H,8-13,15-16H2. The van der Waals surface area contributed by atoms with Gasteiger partial charge < -0.3 is 9.64 Å². The van der Waals surface area contributed by atoms with E-state index in [9.17, 15) is 9.59 Å². The average molecular weight is 363 g/mol. The number of ketones is 1. The molecule has 4 rings (SSSR count). The predicted octanol–water partition coefficient (Wildman–Crippen LogP) is 3.68. The van der Waals surface area contributed by atoms with Crippen LogP contribution in [-0.2, 0) is 17.6 Å².